The van der Waals surface area contributed by atoms with E-state index in [1.165, 1.54) is 0 Å². The molecule has 3 rings (SSSR count). The zero-order valence-corrected chi connectivity index (χ0v) is 14.0. The highest BCUT2D eigenvalue weighted by Gasteiger charge is 2.11. The second-order valence-electron chi connectivity index (χ2n) is 4.82. The van der Waals surface area contributed by atoms with Gasteiger partial charge in [-0.3, -0.25) is 9.78 Å². The Balaban J connectivity index is 1.97. The number of H-pyrrole nitrogens is 1. The van der Waals surface area contributed by atoms with Gasteiger partial charge >= 0.3 is 0 Å². The molecule has 7 nitrogen and oxygen atoms in total. The van der Waals surface area contributed by atoms with Gasteiger partial charge in [0.2, 0.25) is 5.95 Å². The molecule has 24 heavy (non-hydrogen) atoms. The number of hydrogen-bond acceptors (Lipinski definition) is 6. The maximum Gasteiger partial charge on any atom is 0.282 e. The molecule has 4 N–H and O–H groups in total. The van der Waals surface area contributed by atoms with Gasteiger partial charge < -0.3 is 11.1 Å². The summed E-state index contributed by atoms with van der Waals surface area (Å²) in [4.78, 5) is 18.7. The van der Waals surface area contributed by atoms with E-state index in [2.05, 4.69) is 41.4 Å². The van der Waals surface area contributed by atoms with Crippen molar-refractivity contribution in [2.24, 2.45) is 10.2 Å². The number of halogens is 1. The lowest BCUT2D eigenvalue weighted by molar-refractivity contribution is 1.09. The standard InChI is InChI=1S/C16H13BrN6O/c17-10-6-8-11(9-7-10)19-14-13(15(24)21-16(18)20-14)23-22-12-4-2-1-3-5-12/h1-9H,(H4,18,19,20,21,24). The van der Waals surface area contributed by atoms with E-state index in [1.807, 2.05) is 42.5 Å². The van der Waals surface area contributed by atoms with Gasteiger partial charge in [0.15, 0.2) is 11.5 Å². The minimum atomic E-state index is -0.471. The number of nitrogens with one attached hydrogen (secondary N) is 2. The zero-order valence-electron chi connectivity index (χ0n) is 12.4. The number of nitrogens with two attached hydrogens (primary N) is 1. The van der Waals surface area contributed by atoms with E-state index in [0.29, 0.717) is 5.69 Å². The van der Waals surface area contributed by atoms with Crippen LogP contribution in [0.3, 0.4) is 0 Å². The molecule has 3 aromatic rings. The molecule has 0 bridgehead atoms. The van der Waals surface area contributed by atoms with E-state index in [1.54, 1.807) is 12.1 Å². The van der Waals surface area contributed by atoms with Crippen molar-refractivity contribution < 1.29 is 0 Å². The number of nitrogens with zero attached hydrogens (tertiary/aromatic N) is 3. The predicted molar refractivity (Wildman–Crippen MR) is 97.3 cm³/mol. The number of azo groups is 1. The summed E-state index contributed by atoms with van der Waals surface area (Å²) >= 11 is 3.37. The van der Waals surface area contributed by atoms with Crippen molar-refractivity contribution in [1.29, 1.82) is 0 Å². The first kappa shape index (κ1) is 15.9. The number of benzene rings is 2. The largest absolute Gasteiger partial charge is 0.369 e. The van der Waals surface area contributed by atoms with Crippen molar-refractivity contribution in [3.8, 4) is 0 Å². The molecule has 1 heterocycles. The Hall–Kier alpha value is -3.00. The second kappa shape index (κ2) is 7.05. The monoisotopic (exact) mass is 384 g/mol. The lowest BCUT2D eigenvalue weighted by Gasteiger charge is -2.08. The lowest BCUT2D eigenvalue weighted by atomic mass is 10.3. The van der Waals surface area contributed by atoms with E-state index in [9.17, 15) is 4.79 Å². The van der Waals surface area contributed by atoms with Crippen LogP contribution in [-0.4, -0.2) is 9.97 Å². The molecule has 0 aliphatic carbocycles. The quantitative estimate of drug-likeness (QED) is 0.583. The Morgan fingerprint density at radius 3 is 2.46 bits per heavy atom. The van der Waals surface area contributed by atoms with Gasteiger partial charge in [0.1, 0.15) is 0 Å². The van der Waals surface area contributed by atoms with E-state index in [-0.39, 0.29) is 17.5 Å². The Morgan fingerprint density at radius 2 is 1.75 bits per heavy atom. The summed E-state index contributed by atoms with van der Waals surface area (Å²) in [6.45, 7) is 0. The number of hydrogen-bond donors (Lipinski definition) is 3. The Labute approximate surface area is 145 Å². The summed E-state index contributed by atoms with van der Waals surface area (Å²) in [6.07, 6.45) is 0. The van der Waals surface area contributed by atoms with Gasteiger partial charge in [0.25, 0.3) is 5.56 Å². The topological polar surface area (TPSA) is 109 Å². The molecule has 120 valence electrons. The van der Waals surface area contributed by atoms with Crippen LogP contribution in [-0.2, 0) is 0 Å². The van der Waals surface area contributed by atoms with Crippen molar-refractivity contribution in [1.82, 2.24) is 9.97 Å². The van der Waals surface area contributed by atoms with Gasteiger partial charge in [-0.05, 0) is 36.4 Å². The number of rotatable bonds is 4. The Bertz CT molecular complexity index is 922. The molecule has 1 aromatic heterocycles. The molecule has 0 spiro atoms. The molecule has 0 aliphatic heterocycles. The summed E-state index contributed by atoms with van der Waals surface area (Å²) in [5.74, 6) is 0.233. The summed E-state index contributed by atoms with van der Waals surface area (Å²) in [5.41, 5.74) is 6.58. The van der Waals surface area contributed by atoms with Crippen molar-refractivity contribution in [3.63, 3.8) is 0 Å². The fourth-order valence-corrected chi connectivity index (χ4v) is 2.20. The van der Waals surface area contributed by atoms with Gasteiger partial charge in [-0.2, -0.15) is 10.1 Å². The molecular formula is C16H13BrN6O. The molecule has 0 fully saturated rings. The smallest absolute Gasteiger partial charge is 0.282 e. The molecule has 0 aliphatic rings. The molecule has 0 unspecified atom stereocenters. The highest BCUT2D eigenvalue weighted by atomic mass is 79.9. The van der Waals surface area contributed by atoms with Crippen LogP contribution in [0.2, 0.25) is 0 Å². The normalized spacial score (nSPS) is 10.9. The van der Waals surface area contributed by atoms with E-state index in [4.69, 9.17) is 5.73 Å². The fourth-order valence-electron chi connectivity index (χ4n) is 1.94. The minimum Gasteiger partial charge on any atom is -0.369 e. The second-order valence-corrected chi connectivity index (χ2v) is 5.73. The first-order chi connectivity index (χ1) is 11.6. The van der Waals surface area contributed by atoms with Crippen LogP contribution in [0.4, 0.5) is 28.8 Å². The Kier molecular flexibility index (Phi) is 4.66. The van der Waals surface area contributed by atoms with Crippen LogP contribution >= 0.6 is 15.9 Å². The zero-order chi connectivity index (χ0) is 16.9. The molecular weight excluding hydrogens is 372 g/mol. The highest BCUT2D eigenvalue weighted by molar-refractivity contribution is 9.10. The molecule has 0 amide bonds. The number of nitrogen functional groups attached to an aromatic ring is 1. The molecule has 0 atom stereocenters. The molecule has 0 radical (unpaired) electrons. The first-order valence-corrected chi connectivity index (χ1v) is 7.80. The molecule has 0 saturated carbocycles. The first-order valence-electron chi connectivity index (χ1n) is 7.01. The summed E-state index contributed by atoms with van der Waals surface area (Å²) in [6, 6.07) is 16.5. The average Bonchev–Trinajstić information content (AvgIpc) is 2.57. The number of aromatic nitrogens is 2. The number of anilines is 3. The van der Waals surface area contributed by atoms with E-state index < -0.39 is 5.56 Å². The third kappa shape index (κ3) is 3.85. The fraction of sp³-hybridized carbons (Fsp3) is 0. The summed E-state index contributed by atoms with van der Waals surface area (Å²) < 4.78 is 0.940. The van der Waals surface area contributed by atoms with Gasteiger partial charge in [-0.15, -0.1) is 5.11 Å². The van der Waals surface area contributed by atoms with Crippen LogP contribution in [0, 0.1) is 0 Å². The maximum atomic E-state index is 12.1. The van der Waals surface area contributed by atoms with Crippen molar-refractivity contribution >= 4 is 44.8 Å². The third-order valence-electron chi connectivity index (χ3n) is 3.04. The predicted octanol–water partition coefficient (Wildman–Crippen LogP) is 4.27. The van der Waals surface area contributed by atoms with Crippen LogP contribution in [0.1, 0.15) is 0 Å². The molecule has 2 aromatic carbocycles. The molecule has 0 saturated heterocycles. The minimum absolute atomic E-state index is 0.00160. The van der Waals surface area contributed by atoms with Crippen LogP contribution < -0.4 is 16.6 Å². The van der Waals surface area contributed by atoms with Gasteiger partial charge in [-0.25, -0.2) is 0 Å². The van der Waals surface area contributed by atoms with Crippen molar-refractivity contribution in [3.05, 3.63) is 69.4 Å². The highest BCUT2D eigenvalue weighted by Crippen LogP contribution is 2.25. The molecule has 8 heteroatoms. The average molecular weight is 385 g/mol. The number of aromatic amines is 1. The Morgan fingerprint density at radius 1 is 1.04 bits per heavy atom. The van der Waals surface area contributed by atoms with Crippen LogP contribution in [0.15, 0.2) is 74.1 Å². The third-order valence-corrected chi connectivity index (χ3v) is 3.57. The van der Waals surface area contributed by atoms with Crippen molar-refractivity contribution in [2.45, 2.75) is 0 Å². The van der Waals surface area contributed by atoms with Gasteiger partial charge in [0, 0.05) is 10.2 Å². The maximum absolute atomic E-state index is 12.1. The summed E-state index contributed by atoms with van der Waals surface area (Å²) in [7, 11) is 0. The van der Waals surface area contributed by atoms with Crippen LogP contribution in [0.5, 0.6) is 0 Å². The van der Waals surface area contributed by atoms with Crippen LogP contribution in [0.25, 0.3) is 0 Å². The van der Waals surface area contributed by atoms with Gasteiger partial charge in [0.05, 0.1) is 5.69 Å². The summed E-state index contributed by atoms with van der Waals surface area (Å²) in [5, 5.41) is 11.1. The lowest BCUT2D eigenvalue weighted by Crippen LogP contribution is -2.13. The van der Waals surface area contributed by atoms with Gasteiger partial charge in [-0.1, -0.05) is 34.1 Å². The SMILES string of the molecule is Nc1nc(Nc2ccc(Br)cc2)c(N=Nc2ccccc2)c(=O)[nH]1. The van der Waals surface area contributed by atoms with E-state index >= 15 is 0 Å². The van der Waals surface area contributed by atoms with Crippen molar-refractivity contribution in [2.75, 3.05) is 11.1 Å². The van der Waals surface area contributed by atoms with E-state index in [0.717, 1.165) is 10.2 Å².